The van der Waals surface area contributed by atoms with Crippen molar-refractivity contribution in [2.24, 2.45) is 5.73 Å². The zero-order valence-corrected chi connectivity index (χ0v) is 10.1. The molecule has 2 aromatic rings. The van der Waals surface area contributed by atoms with E-state index >= 15 is 0 Å². The minimum atomic E-state index is 0. The van der Waals surface area contributed by atoms with Crippen molar-refractivity contribution in [3.8, 4) is 0 Å². The quantitative estimate of drug-likeness (QED) is 0.813. The van der Waals surface area contributed by atoms with E-state index in [1.54, 1.807) is 0 Å². The third-order valence-electron chi connectivity index (χ3n) is 2.31. The van der Waals surface area contributed by atoms with Gasteiger partial charge in [-0.05, 0) is 23.3 Å². The maximum absolute atomic E-state index is 5.88. The first-order valence-corrected chi connectivity index (χ1v) is 4.52. The second-order valence-electron chi connectivity index (χ2n) is 3.36. The Hall–Kier alpha value is -0.760. The summed E-state index contributed by atoms with van der Waals surface area (Å²) in [5.41, 5.74) is 7.10. The number of hydrogen-bond donors (Lipinski definition) is 1. The fourth-order valence-electron chi connectivity index (χ4n) is 1.65. The van der Waals surface area contributed by atoms with Gasteiger partial charge in [-0.3, -0.25) is 0 Å². The Labute approximate surface area is 102 Å². The lowest BCUT2D eigenvalue weighted by Gasteiger charge is -2.09. The molecule has 0 aliphatic carbocycles. The molecule has 0 aromatic heterocycles. The van der Waals surface area contributed by atoms with E-state index in [1.807, 2.05) is 19.1 Å². The van der Waals surface area contributed by atoms with E-state index < -0.39 is 0 Å². The molecule has 0 fully saturated rings. The van der Waals surface area contributed by atoms with Crippen LogP contribution in [0, 0.1) is 0 Å². The van der Waals surface area contributed by atoms with Gasteiger partial charge in [0.05, 0.1) is 0 Å². The molecule has 1 nitrogen and oxygen atoms in total. The van der Waals surface area contributed by atoms with Gasteiger partial charge in [-0.1, -0.05) is 42.5 Å². The van der Waals surface area contributed by atoms with Crippen LogP contribution < -0.4 is 5.73 Å². The molecule has 0 bridgehead atoms. The fraction of sp³-hybridized carbons (Fsp3) is 0.167. The molecule has 2 aromatic carbocycles. The highest BCUT2D eigenvalue weighted by Crippen LogP contribution is 2.22. The minimum Gasteiger partial charge on any atom is -0.324 e. The number of nitrogens with two attached hydrogens (primary N) is 1. The van der Waals surface area contributed by atoms with Crippen molar-refractivity contribution in [1.29, 1.82) is 0 Å². The second-order valence-corrected chi connectivity index (χ2v) is 3.36. The van der Waals surface area contributed by atoms with Crippen LogP contribution in [-0.4, -0.2) is 0 Å². The topological polar surface area (TPSA) is 26.0 Å². The van der Waals surface area contributed by atoms with E-state index in [0.717, 1.165) is 0 Å². The first-order chi connectivity index (χ1) is 6.29. The van der Waals surface area contributed by atoms with E-state index in [4.69, 9.17) is 5.73 Å². The lowest BCUT2D eigenvalue weighted by atomic mass is 10.0. The summed E-state index contributed by atoms with van der Waals surface area (Å²) in [6, 6.07) is 14.7. The summed E-state index contributed by atoms with van der Waals surface area (Å²) in [6.45, 7) is 2.02. The average Bonchev–Trinajstić information content (AvgIpc) is 2.17. The van der Waals surface area contributed by atoms with Crippen LogP contribution in [0.2, 0.25) is 0 Å². The summed E-state index contributed by atoms with van der Waals surface area (Å²) in [6.07, 6.45) is 0. The molecule has 2 N–H and O–H groups in total. The predicted molar refractivity (Wildman–Crippen MR) is 71.0 cm³/mol. The Kier molecular flexibility index (Phi) is 5.66. The highest BCUT2D eigenvalue weighted by molar-refractivity contribution is 5.86. The van der Waals surface area contributed by atoms with Gasteiger partial charge in [0.2, 0.25) is 0 Å². The normalized spacial score (nSPS) is 11.3. The Morgan fingerprint density at radius 3 is 2.20 bits per heavy atom. The van der Waals surface area contributed by atoms with Crippen molar-refractivity contribution in [3.63, 3.8) is 0 Å². The van der Waals surface area contributed by atoms with Crippen molar-refractivity contribution in [3.05, 3.63) is 48.0 Å². The van der Waals surface area contributed by atoms with Crippen molar-refractivity contribution in [2.75, 3.05) is 0 Å². The summed E-state index contributed by atoms with van der Waals surface area (Å²) in [5.74, 6) is 0. The van der Waals surface area contributed by atoms with E-state index in [2.05, 4.69) is 30.3 Å². The van der Waals surface area contributed by atoms with E-state index in [1.165, 1.54) is 16.3 Å². The molecule has 0 aliphatic rings. The van der Waals surface area contributed by atoms with Crippen molar-refractivity contribution >= 4 is 35.6 Å². The first-order valence-electron chi connectivity index (χ1n) is 4.52. The molecule has 0 aliphatic heterocycles. The molecule has 1 atom stereocenters. The summed E-state index contributed by atoms with van der Waals surface area (Å²) in [7, 11) is 0. The van der Waals surface area contributed by atoms with Crippen molar-refractivity contribution < 1.29 is 0 Å². The Morgan fingerprint density at radius 2 is 1.53 bits per heavy atom. The average molecular weight is 244 g/mol. The molecular weight excluding hydrogens is 229 g/mol. The van der Waals surface area contributed by atoms with Crippen molar-refractivity contribution in [2.45, 2.75) is 13.0 Å². The van der Waals surface area contributed by atoms with Crippen LogP contribution >= 0.6 is 24.8 Å². The molecule has 0 spiro atoms. The van der Waals surface area contributed by atoms with Gasteiger partial charge in [0.1, 0.15) is 0 Å². The number of benzene rings is 2. The molecule has 0 saturated heterocycles. The smallest absolute Gasteiger partial charge is 0.0272 e. The standard InChI is InChI=1S/C12H13N.2ClH/c1-9(13)11-8-4-6-10-5-2-3-7-12(10)11;;/h2-9H,13H2,1H3;2*1H. The fourth-order valence-corrected chi connectivity index (χ4v) is 1.65. The summed E-state index contributed by atoms with van der Waals surface area (Å²) in [4.78, 5) is 0. The molecular formula is C12H15Cl2N. The highest BCUT2D eigenvalue weighted by Gasteiger charge is 2.02. The van der Waals surface area contributed by atoms with Crippen LogP contribution in [0.1, 0.15) is 18.5 Å². The third-order valence-corrected chi connectivity index (χ3v) is 2.31. The maximum Gasteiger partial charge on any atom is 0.0272 e. The summed E-state index contributed by atoms with van der Waals surface area (Å²) in [5, 5.41) is 2.53. The lowest BCUT2D eigenvalue weighted by molar-refractivity contribution is 0.827. The van der Waals surface area contributed by atoms with Crippen molar-refractivity contribution in [1.82, 2.24) is 0 Å². The van der Waals surface area contributed by atoms with Gasteiger partial charge in [-0.2, -0.15) is 0 Å². The first kappa shape index (κ1) is 14.2. The molecule has 2 rings (SSSR count). The Bertz CT molecular complexity index is 421. The highest BCUT2D eigenvalue weighted by atomic mass is 35.5. The monoisotopic (exact) mass is 243 g/mol. The molecule has 0 amide bonds. The van der Waals surface area contributed by atoms with Crippen LogP contribution in [0.25, 0.3) is 10.8 Å². The number of fused-ring (bicyclic) bond motifs is 1. The third kappa shape index (κ3) is 2.85. The molecule has 0 saturated carbocycles. The van der Waals surface area contributed by atoms with Crippen LogP contribution in [-0.2, 0) is 0 Å². The molecule has 1 unspecified atom stereocenters. The lowest BCUT2D eigenvalue weighted by Crippen LogP contribution is -2.05. The van der Waals surface area contributed by atoms with Gasteiger partial charge in [-0.25, -0.2) is 0 Å². The van der Waals surface area contributed by atoms with E-state index in [0.29, 0.717) is 0 Å². The summed E-state index contributed by atoms with van der Waals surface area (Å²) < 4.78 is 0. The molecule has 0 radical (unpaired) electrons. The van der Waals surface area contributed by atoms with E-state index in [9.17, 15) is 0 Å². The van der Waals surface area contributed by atoms with Crippen LogP contribution in [0.5, 0.6) is 0 Å². The van der Waals surface area contributed by atoms with Gasteiger partial charge in [0.15, 0.2) is 0 Å². The Balaban J connectivity index is 0.000000980. The van der Waals surface area contributed by atoms with Crippen LogP contribution in [0.3, 0.4) is 0 Å². The largest absolute Gasteiger partial charge is 0.324 e. The minimum absolute atomic E-state index is 0. The maximum atomic E-state index is 5.88. The van der Waals surface area contributed by atoms with Gasteiger partial charge >= 0.3 is 0 Å². The number of halogens is 2. The van der Waals surface area contributed by atoms with E-state index in [-0.39, 0.29) is 30.9 Å². The van der Waals surface area contributed by atoms with Crippen LogP contribution in [0.15, 0.2) is 42.5 Å². The predicted octanol–water partition coefficient (Wildman–Crippen LogP) is 3.70. The van der Waals surface area contributed by atoms with Gasteiger partial charge in [0, 0.05) is 6.04 Å². The molecule has 82 valence electrons. The zero-order valence-electron chi connectivity index (χ0n) is 8.51. The van der Waals surface area contributed by atoms with Gasteiger partial charge in [-0.15, -0.1) is 24.8 Å². The van der Waals surface area contributed by atoms with Gasteiger partial charge < -0.3 is 5.73 Å². The van der Waals surface area contributed by atoms with Crippen LogP contribution in [0.4, 0.5) is 0 Å². The zero-order chi connectivity index (χ0) is 9.26. The molecule has 15 heavy (non-hydrogen) atoms. The molecule has 3 heteroatoms. The van der Waals surface area contributed by atoms with Gasteiger partial charge in [0.25, 0.3) is 0 Å². The molecule has 0 heterocycles. The Morgan fingerprint density at radius 1 is 0.933 bits per heavy atom. The SMILES string of the molecule is CC(N)c1cccc2ccccc12.Cl.Cl. The number of hydrogen-bond acceptors (Lipinski definition) is 1. The number of rotatable bonds is 1. The second kappa shape index (κ2) is 5.96. The summed E-state index contributed by atoms with van der Waals surface area (Å²) >= 11 is 0.